The lowest BCUT2D eigenvalue weighted by atomic mass is 10.0. The molecule has 0 radical (unpaired) electrons. The van der Waals surface area contributed by atoms with Crippen molar-refractivity contribution in [2.75, 3.05) is 19.7 Å². The SMILES string of the molecule is Cc1cnn(CC(=O)N2CCOC(C)(C(N)=O)C2)c1. The van der Waals surface area contributed by atoms with Crippen molar-refractivity contribution in [2.24, 2.45) is 5.73 Å². The Morgan fingerprint density at radius 3 is 2.89 bits per heavy atom. The summed E-state index contributed by atoms with van der Waals surface area (Å²) < 4.78 is 6.95. The first-order chi connectivity index (χ1) is 8.90. The zero-order valence-corrected chi connectivity index (χ0v) is 11.1. The Bertz CT molecular complexity index is 499. The summed E-state index contributed by atoms with van der Waals surface area (Å²) in [5.41, 5.74) is 5.19. The van der Waals surface area contributed by atoms with Crippen LogP contribution >= 0.6 is 0 Å². The Morgan fingerprint density at radius 1 is 1.58 bits per heavy atom. The predicted molar refractivity (Wildman–Crippen MR) is 67.1 cm³/mol. The molecule has 1 fully saturated rings. The third-order valence-electron chi connectivity index (χ3n) is 3.21. The van der Waals surface area contributed by atoms with Gasteiger partial charge in [-0.05, 0) is 19.4 Å². The van der Waals surface area contributed by atoms with E-state index in [1.807, 2.05) is 6.92 Å². The minimum absolute atomic E-state index is 0.0983. The molecule has 0 bridgehead atoms. The largest absolute Gasteiger partial charge is 0.367 e. The van der Waals surface area contributed by atoms with Crippen LogP contribution in [-0.2, 0) is 20.9 Å². The molecule has 2 amide bonds. The summed E-state index contributed by atoms with van der Waals surface area (Å²) in [5.74, 6) is -0.654. The van der Waals surface area contributed by atoms with Crippen molar-refractivity contribution in [3.05, 3.63) is 18.0 Å². The minimum atomic E-state index is -1.10. The summed E-state index contributed by atoms with van der Waals surface area (Å²) in [6, 6.07) is 0. The van der Waals surface area contributed by atoms with Crippen molar-refractivity contribution in [3.63, 3.8) is 0 Å². The number of aryl methyl sites for hydroxylation is 1. The number of hydrogen-bond donors (Lipinski definition) is 1. The number of ether oxygens (including phenoxy) is 1. The molecule has 19 heavy (non-hydrogen) atoms. The molecule has 2 heterocycles. The number of amides is 2. The van der Waals surface area contributed by atoms with E-state index in [1.54, 1.807) is 28.9 Å². The summed E-state index contributed by atoms with van der Waals surface area (Å²) in [4.78, 5) is 25.1. The lowest BCUT2D eigenvalue weighted by Crippen LogP contribution is -2.58. The van der Waals surface area contributed by atoms with Gasteiger partial charge in [-0.15, -0.1) is 0 Å². The van der Waals surface area contributed by atoms with Gasteiger partial charge in [-0.1, -0.05) is 0 Å². The second-order valence-electron chi connectivity index (χ2n) is 4.97. The van der Waals surface area contributed by atoms with Crippen LogP contribution in [0.25, 0.3) is 0 Å². The number of primary amides is 1. The highest BCUT2D eigenvalue weighted by Gasteiger charge is 2.39. The zero-order chi connectivity index (χ0) is 14.0. The number of morpholine rings is 1. The third kappa shape index (κ3) is 2.93. The summed E-state index contributed by atoms with van der Waals surface area (Å²) >= 11 is 0. The molecule has 1 unspecified atom stereocenters. The number of aromatic nitrogens is 2. The molecule has 0 spiro atoms. The molecule has 0 aromatic carbocycles. The number of carbonyl (C=O) groups is 2. The van der Waals surface area contributed by atoms with Gasteiger partial charge in [0.1, 0.15) is 6.54 Å². The fourth-order valence-electron chi connectivity index (χ4n) is 2.02. The van der Waals surface area contributed by atoms with Crippen LogP contribution in [-0.4, -0.2) is 51.8 Å². The van der Waals surface area contributed by atoms with Crippen LogP contribution in [0.4, 0.5) is 0 Å². The van der Waals surface area contributed by atoms with Crippen molar-refractivity contribution in [3.8, 4) is 0 Å². The van der Waals surface area contributed by atoms with E-state index in [0.29, 0.717) is 13.2 Å². The van der Waals surface area contributed by atoms with Gasteiger partial charge in [-0.3, -0.25) is 14.3 Å². The van der Waals surface area contributed by atoms with Crippen LogP contribution in [0.2, 0.25) is 0 Å². The molecular formula is C12H18N4O3. The van der Waals surface area contributed by atoms with E-state index in [9.17, 15) is 9.59 Å². The van der Waals surface area contributed by atoms with Gasteiger partial charge in [0.05, 0.1) is 19.3 Å². The molecule has 1 saturated heterocycles. The molecule has 1 aromatic rings. The second-order valence-corrected chi connectivity index (χ2v) is 4.97. The van der Waals surface area contributed by atoms with Crippen LogP contribution in [0, 0.1) is 6.92 Å². The molecule has 104 valence electrons. The topological polar surface area (TPSA) is 90.4 Å². The first-order valence-corrected chi connectivity index (χ1v) is 6.11. The standard InChI is InChI=1S/C12H18N4O3/c1-9-5-14-16(6-9)7-10(17)15-3-4-19-12(2,8-15)11(13)18/h5-6H,3-4,7-8H2,1-2H3,(H2,13,18). The monoisotopic (exact) mass is 266 g/mol. The Balaban J connectivity index is 2.01. The smallest absolute Gasteiger partial charge is 0.251 e. The van der Waals surface area contributed by atoms with Crippen molar-refractivity contribution in [1.82, 2.24) is 14.7 Å². The van der Waals surface area contributed by atoms with E-state index in [1.165, 1.54) is 0 Å². The van der Waals surface area contributed by atoms with Gasteiger partial charge in [-0.2, -0.15) is 5.10 Å². The molecule has 0 aliphatic carbocycles. The van der Waals surface area contributed by atoms with E-state index >= 15 is 0 Å². The van der Waals surface area contributed by atoms with Crippen LogP contribution in [0.1, 0.15) is 12.5 Å². The van der Waals surface area contributed by atoms with Crippen molar-refractivity contribution in [1.29, 1.82) is 0 Å². The second kappa shape index (κ2) is 5.00. The van der Waals surface area contributed by atoms with E-state index in [0.717, 1.165) is 5.56 Å². The zero-order valence-electron chi connectivity index (χ0n) is 11.1. The van der Waals surface area contributed by atoms with E-state index in [2.05, 4.69) is 5.10 Å². The highest BCUT2D eigenvalue weighted by Crippen LogP contribution is 2.17. The van der Waals surface area contributed by atoms with Gasteiger partial charge in [0.25, 0.3) is 5.91 Å². The van der Waals surface area contributed by atoms with E-state index in [4.69, 9.17) is 10.5 Å². The first-order valence-electron chi connectivity index (χ1n) is 6.11. The van der Waals surface area contributed by atoms with Gasteiger partial charge in [-0.25, -0.2) is 0 Å². The maximum atomic E-state index is 12.1. The quantitative estimate of drug-likeness (QED) is 0.783. The van der Waals surface area contributed by atoms with Crippen LogP contribution in [0.3, 0.4) is 0 Å². The highest BCUT2D eigenvalue weighted by atomic mass is 16.5. The van der Waals surface area contributed by atoms with Gasteiger partial charge in [0.2, 0.25) is 5.91 Å². The van der Waals surface area contributed by atoms with Crippen LogP contribution in [0.5, 0.6) is 0 Å². The lowest BCUT2D eigenvalue weighted by Gasteiger charge is -2.38. The van der Waals surface area contributed by atoms with Gasteiger partial charge >= 0.3 is 0 Å². The summed E-state index contributed by atoms with van der Waals surface area (Å²) in [7, 11) is 0. The van der Waals surface area contributed by atoms with Gasteiger partial charge < -0.3 is 15.4 Å². The first kappa shape index (κ1) is 13.5. The number of nitrogens with two attached hydrogens (primary N) is 1. The van der Waals surface area contributed by atoms with Crippen LogP contribution in [0.15, 0.2) is 12.4 Å². The van der Waals surface area contributed by atoms with E-state index in [-0.39, 0.29) is 19.0 Å². The average Bonchev–Trinajstić information content (AvgIpc) is 2.74. The number of carbonyl (C=O) groups excluding carboxylic acids is 2. The summed E-state index contributed by atoms with van der Waals surface area (Å²) in [6.07, 6.45) is 3.49. The number of nitrogens with zero attached hydrogens (tertiary/aromatic N) is 3. The molecule has 2 N–H and O–H groups in total. The summed E-state index contributed by atoms with van der Waals surface area (Å²) in [6.45, 7) is 4.62. The van der Waals surface area contributed by atoms with Gasteiger partial charge in [0.15, 0.2) is 5.60 Å². The molecule has 1 aromatic heterocycles. The minimum Gasteiger partial charge on any atom is -0.367 e. The van der Waals surface area contributed by atoms with Crippen molar-refractivity contribution >= 4 is 11.8 Å². The summed E-state index contributed by atoms with van der Waals surface area (Å²) in [5, 5.41) is 4.07. The van der Waals surface area contributed by atoms with E-state index < -0.39 is 11.5 Å². The molecule has 0 saturated carbocycles. The number of hydrogen-bond acceptors (Lipinski definition) is 4. The molecule has 7 nitrogen and oxygen atoms in total. The highest BCUT2D eigenvalue weighted by molar-refractivity contribution is 5.85. The normalized spacial score (nSPS) is 23.4. The fraction of sp³-hybridized carbons (Fsp3) is 0.583. The lowest BCUT2D eigenvalue weighted by molar-refractivity contribution is -0.160. The Labute approximate surface area is 111 Å². The predicted octanol–water partition coefficient (Wildman–Crippen LogP) is -0.706. The average molecular weight is 266 g/mol. The molecule has 2 rings (SSSR count). The Morgan fingerprint density at radius 2 is 2.32 bits per heavy atom. The molecule has 1 aliphatic rings. The molecular weight excluding hydrogens is 248 g/mol. The fourth-order valence-corrected chi connectivity index (χ4v) is 2.02. The van der Waals surface area contributed by atoms with Crippen molar-refractivity contribution in [2.45, 2.75) is 26.0 Å². The Hall–Kier alpha value is -1.89. The molecule has 1 atom stereocenters. The maximum Gasteiger partial charge on any atom is 0.251 e. The number of rotatable bonds is 3. The molecule has 7 heteroatoms. The third-order valence-corrected chi connectivity index (χ3v) is 3.21. The maximum absolute atomic E-state index is 12.1. The van der Waals surface area contributed by atoms with Crippen LogP contribution < -0.4 is 5.73 Å². The van der Waals surface area contributed by atoms with Crippen molar-refractivity contribution < 1.29 is 14.3 Å². The Kier molecular flexibility index (Phi) is 3.57. The van der Waals surface area contributed by atoms with Gasteiger partial charge in [0, 0.05) is 12.7 Å². The molecule has 1 aliphatic heterocycles.